The van der Waals surface area contributed by atoms with Gasteiger partial charge in [-0.3, -0.25) is 4.79 Å². The van der Waals surface area contributed by atoms with Gasteiger partial charge in [0, 0.05) is 22.6 Å². The van der Waals surface area contributed by atoms with Gasteiger partial charge in [0.15, 0.2) is 5.75 Å². The predicted molar refractivity (Wildman–Crippen MR) is 97.9 cm³/mol. The van der Waals surface area contributed by atoms with Crippen LogP contribution in [0.5, 0.6) is 11.5 Å². The zero-order valence-corrected chi connectivity index (χ0v) is 16.0. The minimum atomic E-state index is -4.97. The molecule has 148 valence electrons. The summed E-state index contributed by atoms with van der Waals surface area (Å²) in [6, 6.07) is 8.08. The Kier molecular flexibility index (Phi) is 4.73. The normalized spacial score (nSPS) is 21.0. The van der Waals surface area contributed by atoms with Crippen LogP contribution in [0.1, 0.15) is 24.4 Å². The number of nitrogens with one attached hydrogen (secondary N) is 1. The molecular formula is C19H15BrF4N2O2. The molecule has 28 heavy (non-hydrogen) atoms. The van der Waals surface area contributed by atoms with Gasteiger partial charge in [-0.05, 0) is 40.9 Å². The number of nitrogens with zero attached hydrogens (tertiary/aromatic N) is 1. The number of hydrogen-bond donors (Lipinski definition) is 1. The summed E-state index contributed by atoms with van der Waals surface area (Å²) in [6.07, 6.45) is -4.03. The Hall–Kier alpha value is -2.29. The topological polar surface area (TPSA) is 41.6 Å². The van der Waals surface area contributed by atoms with E-state index in [0.717, 1.165) is 0 Å². The van der Waals surface area contributed by atoms with Gasteiger partial charge in [0.25, 0.3) is 0 Å². The SMILES string of the molecule is O=C(NC1CCCN2c3c(Br)cc(F)cc3Oc3ccccc3C12)C(F)(F)F. The second kappa shape index (κ2) is 6.95. The summed E-state index contributed by atoms with van der Waals surface area (Å²) in [6.45, 7) is 0.526. The Bertz CT molecular complexity index is 935. The predicted octanol–water partition coefficient (Wildman–Crippen LogP) is 5.08. The number of hydrogen-bond acceptors (Lipinski definition) is 3. The highest BCUT2D eigenvalue weighted by Crippen LogP contribution is 2.50. The van der Waals surface area contributed by atoms with E-state index in [2.05, 4.69) is 21.2 Å². The molecule has 1 amide bonds. The number of alkyl halides is 3. The highest BCUT2D eigenvalue weighted by atomic mass is 79.9. The van der Waals surface area contributed by atoms with Crippen LogP contribution >= 0.6 is 15.9 Å². The first-order valence-corrected chi connectivity index (χ1v) is 9.45. The Morgan fingerprint density at radius 1 is 1.21 bits per heavy atom. The van der Waals surface area contributed by atoms with Gasteiger partial charge < -0.3 is 15.0 Å². The molecule has 9 heteroatoms. The molecule has 1 N–H and O–H groups in total. The van der Waals surface area contributed by atoms with Crippen molar-refractivity contribution in [2.75, 3.05) is 11.4 Å². The Morgan fingerprint density at radius 3 is 2.71 bits per heavy atom. The molecule has 0 spiro atoms. The molecule has 1 saturated heterocycles. The van der Waals surface area contributed by atoms with Crippen LogP contribution in [0.15, 0.2) is 40.9 Å². The van der Waals surface area contributed by atoms with Crippen LogP contribution < -0.4 is 15.0 Å². The number of carbonyl (C=O) groups is 1. The molecule has 4 nitrogen and oxygen atoms in total. The first-order chi connectivity index (χ1) is 13.3. The Labute approximate surface area is 166 Å². The lowest BCUT2D eigenvalue weighted by molar-refractivity contribution is -0.174. The van der Waals surface area contributed by atoms with Gasteiger partial charge in [-0.15, -0.1) is 0 Å². The molecule has 2 aromatic carbocycles. The monoisotopic (exact) mass is 458 g/mol. The maximum absolute atomic E-state index is 14.0. The molecule has 0 radical (unpaired) electrons. The molecule has 2 aliphatic rings. The molecule has 4 rings (SSSR count). The number of carbonyl (C=O) groups excluding carboxylic acids is 1. The van der Waals surface area contributed by atoms with Crippen LogP contribution in [0.3, 0.4) is 0 Å². The average molecular weight is 459 g/mol. The molecule has 2 heterocycles. The van der Waals surface area contributed by atoms with Crippen molar-refractivity contribution in [1.82, 2.24) is 5.32 Å². The smallest absolute Gasteiger partial charge is 0.455 e. The summed E-state index contributed by atoms with van der Waals surface area (Å²) in [5.41, 5.74) is 1.19. The Balaban J connectivity index is 1.84. The van der Waals surface area contributed by atoms with Crippen molar-refractivity contribution < 1.29 is 27.1 Å². The molecule has 2 aromatic rings. The quantitative estimate of drug-likeness (QED) is 0.605. The van der Waals surface area contributed by atoms with Crippen LogP contribution in [0, 0.1) is 5.82 Å². The van der Waals surface area contributed by atoms with Gasteiger partial charge in [0.05, 0.1) is 17.8 Å². The number of halogens is 5. The number of para-hydroxylation sites is 1. The third-order valence-electron chi connectivity index (χ3n) is 4.94. The van der Waals surface area contributed by atoms with Crippen LogP contribution in [0.2, 0.25) is 0 Å². The zero-order valence-electron chi connectivity index (χ0n) is 14.4. The summed E-state index contributed by atoms with van der Waals surface area (Å²) < 4.78 is 58.9. The highest BCUT2D eigenvalue weighted by molar-refractivity contribution is 9.10. The van der Waals surface area contributed by atoms with E-state index < -0.39 is 30.0 Å². The maximum Gasteiger partial charge on any atom is 0.471 e. The highest BCUT2D eigenvalue weighted by Gasteiger charge is 2.44. The fourth-order valence-corrected chi connectivity index (χ4v) is 4.51. The summed E-state index contributed by atoms with van der Waals surface area (Å²) in [5, 5.41) is 2.14. The van der Waals surface area contributed by atoms with Gasteiger partial charge in [-0.2, -0.15) is 13.2 Å². The molecule has 1 fully saturated rings. The van der Waals surface area contributed by atoms with Crippen molar-refractivity contribution in [3.63, 3.8) is 0 Å². The third kappa shape index (κ3) is 3.32. The number of anilines is 1. The molecule has 2 atom stereocenters. The summed E-state index contributed by atoms with van der Waals surface area (Å²) in [5.74, 6) is -1.78. The van der Waals surface area contributed by atoms with E-state index in [9.17, 15) is 22.4 Å². The first kappa shape index (κ1) is 19.0. The second-order valence-corrected chi connectivity index (χ2v) is 7.59. The van der Waals surface area contributed by atoms with Gasteiger partial charge >= 0.3 is 12.1 Å². The number of fused-ring (bicyclic) bond motifs is 5. The van der Waals surface area contributed by atoms with Crippen molar-refractivity contribution in [3.8, 4) is 11.5 Å². The third-order valence-corrected chi connectivity index (χ3v) is 5.55. The molecule has 0 saturated carbocycles. The molecule has 0 aliphatic carbocycles. The summed E-state index contributed by atoms with van der Waals surface area (Å²) >= 11 is 3.35. The summed E-state index contributed by atoms with van der Waals surface area (Å²) in [4.78, 5) is 13.5. The van der Waals surface area contributed by atoms with Crippen molar-refractivity contribution in [3.05, 3.63) is 52.3 Å². The molecule has 0 aromatic heterocycles. The van der Waals surface area contributed by atoms with Crippen LogP contribution in [0.4, 0.5) is 23.2 Å². The number of rotatable bonds is 1. The van der Waals surface area contributed by atoms with E-state index in [0.29, 0.717) is 40.9 Å². The van der Waals surface area contributed by atoms with E-state index in [1.165, 1.54) is 12.1 Å². The number of ether oxygens (including phenoxy) is 1. The lowest BCUT2D eigenvalue weighted by Crippen LogP contribution is -2.52. The van der Waals surface area contributed by atoms with Crippen molar-refractivity contribution in [1.29, 1.82) is 0 Å². The van der Waals surface area contributed by atoms with Crippen LogP contribution in [-0.2, 0) is 4.79 Å². The fraction of sp³-hybridized carbons (Fsp3) is 0.316. The van der Waals surface area contributed by atoms with Crippen molar-refractivity contribution in [2.45, 2.75) is 31.1 Å². The van der Waals surface area contributed by atoms with E-state index in [4.69, 9.17) is 4.74 Å². The molecular weight excluding hydrogens is 444 g/mol. The molecule has 0 bridgehead atoms. The van der Waals surface area contributed by atoms with Gasteiger partial charge in [-0.25, -0.2) is 4.39 Å². The molecule has 2 aliphatic heterocycles. The van der Waals surface area contributed by atoms with E-state index in [1.54, 1.807) is 24.3 Å². The summed E-state index contributed by atoms with van der Waals surface area (Å²) in [7, 11) is 0. The lowest BCUT2D eigenvalue weighted by Gasteiger charge is -2.42. The largest absolute Gasteiger partial charge is 0.471 e. The van der Waals surface area contributed by atoms with E-state index in [-0.39, 0.29) is 5.75 Å². The van der Waals surface area contributed by atoms with E-state index >= 15 is 0 Å². The van der Waals surface area contributed by atoms with Gasteiger partial charge in [-0.1, -0.05) is 18.2 Å². The first-order valence-electron chi connectivity index (χ1n) is 8.66. The molecule has 2 unspecified atom stereocenters. The number of piperidine rings is 1. The number of amides is 1. The number of benzene rings is 2. The standard InChI is InChI=1S/C19H15BrF4N2O2/c20-12-8-10(21)9-15-17(12)26-7-3-5-13(25-18(27)19(22,23)24)16(26)11-4-1-2-6-14(11)28-15/h1-2,4,6,8-9,13,16H,3,5,7H2,(H,25,27). The van der Waals surface area contributed by atoms with Crippen LogP contribution in [-0.4, -0.2) is 24.7 Å². The van der Waals surface area contributed by atoms with Gasteiger partial charge in [0.2, 0.25) is 0 Å². The zero-order chi connectivity index (χ0) is 20.1. The minimum absolute atomic E-state index is 0.268. The average Bonchev–Trinajstić information content (AvgIpc) is 2.75. The van der Waals surface area contributed by atoms with Crippen LogP contribution in [0.25, 0.3) is 0 Å². The van der Waals surface area contributed by atoms with E-state index in [1.807, 2.05) is 4.90 Å². The maximum atomic E-state index is 14.0. The minimum Gasteiger partial charge on any atom is -0.455 e. The van der Waals surface area contributed by atoms with Crippen molar-refractivity contribution in [2.24, 2.45) is 0 Å². The van der Waals surface area contributed by atoms with Crippen molar-refractivity contribution >= 4 is 27.5 Å². The lowest BCUT2D eigenvalue weighted by atomic mass is 9.89. The Morgan fingerprint density at radius 2 is 1.96 bits per heavy atom. The fourth-order valence-electron chi connectivity index (χ4n) is 3.87. The second-order valence-electron chi connectivity index (χ2n) is 6.73. The van der Waals surface area contributed by atoms with Gasteiger partial charge in [0.1, 0.15) is 11.6 Å².